The van der Waals surface area contributed by atoms with E-state index in [4.69, 9.17) is 4.52 Å². The Hall–Kier alpha value is -4.12. The van der Waals surface area contributed by atoms with Crippen molar-refractivity contribution in [1.29, 1.82) is 0 Å². The van der Waals surface area contributed by atoms with Gasteiger partial charge < -0.3 is 4.52 Å². The molecule has 6 nitrogen and oxygen atoms in total. The van der Waals surface area contributed by atoms with Crippen LogP contribution in [-0.2, 0) is 12.3 Å². The lowest BCUT2D eigenvalue weighted by Crippen LogP contribution is -2.07. The van der Waals surface area contributed by atoms with Gasteiger partial charge in [-0.1, -0.05) is 41.3 Å². The van der Waals surface area contributed by atoms with E-state index in [9.17, 15) is 8.78 Å². The molecule has 0 aliphatic carbocycles. The second-order valence-corrected chi connectivity index (χ2v) is 7.61. The molecule has 0 unspecified atom stereocenters. The van der Waals surface area contributed by atoms with E-state index >= 15 is 0 Å². The van der Waals surface area contributed by atoms with E-state index < -0.39 is 5.92 Å². The van der Waals surface area contributed by atoms with Crippen LogP contribution in [0.15, 0.2) is 59.8 Å². The van der Waals surface area contributed by atoms with E-state index in [0.29, 0.717) is 34.5 Å². The van der Waals surface area contributed by atoms with Crippen LogP contribution in [-0.4, -0.2) is 24.7 Å². The van der Waals surface area contributed by atoms with Gasteiger partial charge in [-0.05, 0) is 30.2 Å². The van der Waals surface area contributed by atoms with E-state index in [1.54, 1.807) is 29.2 Å². The van der Waals surface area contributed by atoms with Crippen LogP contribution in [0.3, 0.4) is 0 Å². The molecule has 0 spiro atoms. The summed E-state index contributed by atoms with van der Waals surface area (Å²) in [7, 11) is 0. The molecule has 3 heterocycles. The van der Waals surface area contributed by atoms with Crippen LogP contribution in [0.1, 0.15) is 40.4 Å². The summed E-state index contributed by atoms with van der Waals surface area (Å²) in [5, 5.41) is 9.20. The Bertz CT molecular complexity index is 1520. The van der Waals surface area contributed by atoms with Gasteiger partial charge in [0.05, 0.1) is 23.0 Å². The van der Waals surface area contributed by atoms with Crippen LogP contribution in [0.5, 0.6) is 0 Å². The van der Waals surface area contributed by atoms with E-state index in [1.807, 2.05) is 19.1 Å². The van der Waals surface area contributed by atoms with Gasteiger partial charge in [0, 0.05) is 24.3 Å². The fraction of sp³-hybridized carbons (Fsp3) is 0.167. The molecular weight excluding hydrogens is 412 g/mol. The SMILES string of the molecule is Cc1ccc2c(Cc3cccc(C(C)(F)F)c3)noc2c1C#Cc1cnn2cncnc12. The zero-order chi connectivity index (χ0) is 22.3. The molecule has 3 aromatic heterocycles. The predicted molar refractivity (Wildman–Crippen MR) is 114 cm³/mol. The quantitative estimate of drug-likeness (QED) is 0.390. The summed E-state index contributed by atoms with van der Waals surface area (Å²) in [6.45, 7) is 2.83. The van der Waals surface area contributed by atoms with Gasteiger partial charge in [-0.15, -0.1) is 0 Å². The Morgan fingerprint density at radius 2 is 2.03 bits per heavy atom. The Labute approximate surface area is 181 Å². The standard InChI is InChI=1S/C24H17F2N5O/c1-15-6-8-20-21(11-16-4-3-5-18(10-16)24(2,25)26)30-32-22(20)19(15)9-7-17-12-29-31-14-27-13-28-23(17)31/h3-6,8,10,12-14H,11H2,1-2H3. The number of hydrogen-bond acceptors (Lipinski definition) is 5. The highest BCUT2D eigenvalue weighted by atomic mass is 19.3. The fourth-order valence-corrected chi connectivity index (χ4v) is 3.55. The van der Waals surface area contributed by atoms with Crippen LogP contribution in [0.4, 0.5) is 8.78 Å². The van der Waals surface area contributed by atoms with Crippen LogP contribution in [0.25, 0.3) is 16.6 Å². The van der Waals surface area contributed by atoms with Crippen LogP contribution in [0, 0.1) is 18.8 Å². The number of halogens is 2. The summed E-state index contributed by atoms with van der Waals surface area (Å²) < 4.78 is 34.6. The van der Waals surface area contributed by atoms with Crippen molar-refractivity contribution in [2.24, 2.45) is 0 Å². The first-order valence-corrected chi connectivity index (χ1v) is 9.90. The molecule has 0 atom stereocenters. The van der Waals surface area contributed by atoms with Crippen molar-refractivity contribution in [3.8, 4) is 11.8 Å². The van der Waals surface area contributed by atoms with Crippen molar-refractivity contribution in [1.82, 2.24) is 24.7 Å². The monoisotopic (exact) mass is 429 g/mol. The van der Waals surface area contributed by atoms with Crippen molar-refractivity contribution in [3.05, 3.63) is 88.8 Å². The largest absolute Gasteiger partial charge is 0.355 e. The van der Waals surface area contributed by atoms with E-state index in [-0.39, 0.29) is 5.56 Å². The minimum Gasteiger partial charge on any atom is -0.355 e. The molecule has 2 aromatic carbocycles. The van der Waals surface area contributed by atoms with Gasteiger partial charge in [-0.25, -0.2) is 23.3 Å². The molecule has 0 N–H and O–H groups in total. The molecule has 8 heteroatoms. The van der Waals surface area contributed by atoms with Crippen LogP contribution >= 0.6 is 0 Å². The molecule has 0 saturated heterocycles. The zero-order valence-electron chi connectivity index (χ0n) is 17.3. The highest BCUT2D eigenvalue weighted by Gasteiger charge is 2.24. The van der Waals surface area contributed by atoms with Gasteiger partial charge in [0.1, 0.15) is 12.7 Å². The summed E-state index contributed by atoms with van der Waals surface area (Å²) in [5.74, 6) is 3.37. The third kappa shape index (κ3) is 3.58. The number of fused-ring (bicyclic) bond motifs is 2. The van der Waals surface area contributed by atoms with Crippen molar-refractivity contribution < 1.29 is 13.3 Å². The lowest BCUT2D eigenvalue weighted by molar-refractivity contribution is 0.0174. The number of alkyl halides is 2. The van der Waals surface area contributed by atoms with Crippen molar-refractivity contribution in [2.75, 3.05) is 0 Å². The Morgan fingerprint density at radius 3 is 2.88 bits per heavy atom. The van der Waals surface area contributed by atoms with Gasteiger partial charge in [0.2, 0.25) is 0 Å². The highest BCUT2D eigenvalue weighted by molar-refractivity contribution is 5.86. The van der Waals surface area contributed by atoms with Crippen molar-refractivity contribution in [2.45, 2.75) is 26.2 Å². The maximum absolute atomic E-state index is 13.7. The number of aromatic nitrogens is 5. The first-order valence-electron chi connectivity index (χ1n) is 9.90. The number of benzene rings is 2. The lowest BCUT2D eigenvalue weighted by Gasteiger charge is -2.11. The van der Waals surface area contributed by atoms with E-state index in [0.717, 1.165) is 23.4 Å². The second kappa shape index (κ2) is 7.54. The lowest BCUT2D eigenvalue weighted by atomic mass is 10.00. The first-order chi connectivity index (χ1) is 15.4. The molecule has 0 saturated carbocycles. The Morgan fingerprint density at radius 1 is 1.16 bits per heavy atom. The molecule has 0 radical (unpaired) electrons. The van der Waals surface area contributed by atoms with E-state index in [1.165, 1.54) is 18.5 Å². The third-order valence-corrected chi connectivity index (χ3v) is 5.24. The van der Waals surface area contributed by atoms with E-state index in [2.05, 4.69) is 32.1 Å². The summed E-state index contributed by atoms with van der Waals surface area (Å²) in [5.41, 5.74) is 4.87. The normalized spacial score (nSPS) is 11.6. The van der Waals surface area contributed by atoms with Gasteiger partial charge in [0.25, 0.3) is 5.92 Å². The zero-order valence-corrected chi connectivity index (χ0v) is 17.3. The van der Waals surface area contributed by atoms with Crippen molar-refractivity contribution in [3.63, 3.8) is 0 Å². The highest BCUT2D eigenvalue weighted by Crippen LogP contribution is 2.30. The number of nitrogens with zero attached hydrogens (tertiary/aromatic N) is 5. The van der Waals surface area contributed by atoms with Gasteiger partial charge in [-0.2, -0.15) is 5.10 Å². The molecule has 5 aromatic rings. The summed E-state index contributed by atoms with van der Waals surface area (Å²) in [6, 6.07) is 10.2. The average molecular weight is 429 g/mol. The topological polar surface area (TPSA) is 69.1 Å². The molecule has 0 aliphatic heterocycles. The summed E-state index contributed by atoms with van der Waals surface area (Å²) in [6.07, 6.45) is 5.01. The maximum atomic E-state index is 13.7. The number of rotatable bonds is 3. The molecule has 5 rings (SSSR count). The molecular formula is C24H17F2N5O. The van der Waals surface area contributed by atoms with Crippen LogP contribution in [0.2, 0.25) is 0 Å². The second-order valence-electron chi connectivity index (χ2n) is 7.61. The number of aryl methyl sites for hydroxylation is 1. The first kappa shape index (κ1) is 19.8. The number of hydrogen-bond donors (Lipinski definition) is 0. The minimum absolute atomic E-state index is 0.0255. The Balaban J connectivity index is 1.53. The molecule has 0 bridgehead atoms. The molecule has 0 fully saturated rings. The fourth-order valence-electron chi connectivity index (χ4n) is 3.55. The smallest absolute Gasteiger partial charge is 0.270 e. The molecule has 0 aliphatic rings. The molecule has 32 heavy (non-hydrogen) atoms. The Kier molecular flexibility index (Phi) is 4.67. The minimum atomic E-state index is -2.90. The van der Waals surface area contributed by atoms with Crippen LogP contribution < -0.4 is 0 Å². The third-order valence-electron chi connectivity index (χ3n) is 5.24. The van der Waals surface area contributed by atoms with Crippen molar-refractivity contribution >= 4 is 16.6 Å². The van der Waals surface area contributed by atoms with Gasteiger partial charge >= 0.3 is 0 Å². The average Bonchev–Trinajstić information content (AvgIpc) is 3.37. The van der Waals surface area contributed by atoms with Gasteiger partial charge in [-0.3, -0.25) is 0 Å². The molecule has 0 amide bonds. The predicted octanol–water partition coefficient (Wildman–Crippen LogP) is 4.68. The molecule has 158 valence electrons. The van der Waals surface area contributed by atoms with Gasteiger partial charge in [0.15, 0.2) is 11.2 Å². The summed E-state index contributed by atoms with van der Waals surface area (Å²) in [4.78, 5) is 8.14. The summed E-state index contributed by atoms with van der Waals surface area (Å²) >= 11 is 0. The maximum Gasteiger partial charge on any atom is 0.270 e.